The van der Waals surface area contributed by atoms with E-state index in [9.17, 15) is 9.59 Å². The van der Waals surface area contributed by atoms with Crippen molar-refractivity contribution in [3.63, 3.8) is 0 Å². The van der Waals surface area contributed by atoms with Crippen molar-refractivity contribution in [1.29, 1.82) is 0 Å². The highest BCUT2D eigenvalue weighted by Crippen LogP contribution is 2.37. The van der Waals surface area contributed by atoms with Crippen LogP contribution in [0.3, 0.4) is 0 Å². The van der Waals surface area contributed by atoms with Gasteiger partial charge >= 0.3 is 5.97 Å². The summed E-state index contributed by atoms with van der Waals surface area (Å²) in [6, 6.07) is 0. The number of aliphatic carboxylic acids is 1. The number of thioether (sulfide) groups is 2. The van der Waals surface area contributed by atoms with E-state index < -0.39 is 17.1 Å². The second kappa shape index (κ2) is 3.36. The van der Waals surface area contributed by atoms with Gasteiger partial charge in [-0.2, -0.15) is 0 Å². The molecule has 0 aliphatic carbocycles. The van der Waals surface area contributed by atoms with Gasteiger partial charge in [-0.05, 0) is 0 Å². The molecule has 1 aliphatic rings. The number of amides is 1. The normalized spacial score (nSPS) is 30.2. The largest absolute Gasteiger partial charge is 0.480 e. The van der Waals surface area contributed by atoms with Crippen molar-refractivity contribution in [2.75, 3.05) is 5.75 Å². The zero-order chi connectivity index (χ0) is 8.43. The molecule has 11 heavy (non-hydrogen) atoms. The zero-order valence-electron chi connectivity index (χ0n) is 5.52. The maximum absolute atomic E-state index is 10.6. The molecule has 6 heteroatoms. The third kappa shape index (κ3) is 2.03. The first-order chi connectivity index (χ1) is 5.11. The standard InChI is InChI=1S/C5H7NO3S2/c6-3(7)5-10-1-2(11-5)4(8)9/h2,5H,1H2,(H2,6,7)(H,8,9). The molecule has 1 saturated heterocycles. The van der Waals surface area contributed by atoms with Gasteiger partial charge < -0.3 is 10.8 Å². The number of carboxylic acids is 1. The summed E-state index contributed by atoms with van der Waals surface area (Å²) in [7, 11) is 0. The highest BCUT2D eigenvalue weighted by Gasteiger charge is 2.33. The molecule has 1 amide bonds. The Labute approximate surface area is 71.9 Å². The fourth-order valence-corrected chi connectivity index (χ4v) is 3.39. The molecule has 3 N–H and O–H groups in total. The number of primary amides is 1. The Morgan fingerprint density at radius 1 is 1.55 bits per heavy atom. The fraction of sp³-hybridized carbons (Fsp3) is 0.600. The topological polar surface area (TPSA) is 80.4 Å². The molecule has 1 heterocycles. The minimum atomic E-state index is -0.869. The van der Waals surface area contributed by atoms with Gasteiger partial charge in [0.1, 0.15) is 9.83 Å². The summed E-state index contributed by atoms with van der Waals surface area (Å²) in [6.07, 6.45) is 0. The first-order valence-corrected chi connectivity index (χ1v) is 4.89. The molecular formula is C5H7NO3S2. The molecule has 0 aromatic heterocycles. The quantitative estimate of drug-likeness (QED) is 0.631. The molecule has 0 aromatic rings. The van der Waals surface area contributed by atoms with Gasteiger partial charge in [-0.1, -0.05) is 0 Å². The third-order valence-corrected chi connectivity index (χ3v) is 4.38. The predicted molar refractivity (Wildman–Crippen MR) is 44.5 cm³/mol. The van der Waals surface area contributed by atoms with Crippen LogP contribution in [0.2, 0.25) is 0 Å². The van der Waals surface area contributed by atoms with E-state index in [-0.39, 0.29) is 4.58 Å². The average molecular weight is 193 g/mol. The monoisotopic (exact) mass is 193 g/mol. The summed E-state index contributed by atoms with van der Waals surface area (Å²) < 4.78 is -0.379. The number of carboxylic acid groups (broad SMARTS) is 1. The first kappa shape index (κ1) is 8.73. The van der Waals surface area contributed by atoms with Crippen molar-refractivity contribution >= 4 is 35.4 Å². The van der Waals surface area contributed by atoms with Crippen LogP contribution in [-0.2, 0) is 9.59 Å². The summed E-state index contributed by atoms with van der Waals surface area (Å²) in [5.41, 5.74) is 4.99. The van der Waals surface area contributed by atoms with Gasteiger partial charge in [0.15, 0.2) is 0 Å². The molecule has 0 bridgehead atoms. The van der Waals surface area contributed by atoms with Crippen molar-refractivity contribution in [3.05, 3.63) is 0 Å². The molecule has 2 atom stereocenters. The summed E-state index contributed by atoms with van der Waals surface area (Å²) >= 11 is 2.41. The molecular weight excluding hydrogens is 186 g/mol. The van der Waals surface area contributed by atoms with E-state index in [1.54, 1.807) is 0 Å². The average Bonchev–Trinajstić information content (AvgIpc) is 2.33. The highest BCUT2D eigenvalue weighted by atomic mass is 32.2. The van der Waals surface area contributed by atoms with Crippen LogP contribution in [-0.4, -0.2) is 32.6 Å². The Kier molecular flexibility index (Phi) is 2.67. The molecule has 0 aromatic carbocycles. The van der Waals surface area contributed by atoms with E-state index in [1.165, 1.54) is 11.8 Å². The molecule has 1 fully saturated rings. The van der Waals surface area contributed by atoms with Crippen molar-refractivity contribution < 1.29 is 14.7 Å². The highest BCUT2D eigenvalue weighted by molar-refractivity contribution is 8.21. The van der Waals surface area contributed by atoms with E-state index in [0.717, 1.165) is 11.8 Å². The molecule has 1 rings (SSSR count). The van der Waals surface area contributed by atoms with E-state index in [0.29, 0.717) is 5.75 Å². The molecule has 0 saturated carbocycles. The second-order valence-corrected chi connectivity index (χ2v) is 4.78. The number of rotatable bonds is 2. The maximum atomic E-state index is 10.6. The molecule has 0 spiro atoms. The summed E-state index contributed by atoms with van der Waals surface area (Å²) in [5.74, 6) is -0.844. The summed E-state index contributed by atoms with van der Waals surface area (Å²) in [6.45, 7) is 0. The van der Waals surface area contributed by atoms with Crippen LogP contribution < -0.4 is 5.73 Å². The Bertz CT molecular complexity index is 176. The second-order valence-electron chi connectivity index (χ2n) is 2.03. The molecule has 4 nitrogen and oxygen atoms in total. The Morgan fingerprint density at radius 3 is 2.45 bits per heavy atom. The van der Waals surface area contributed by atoms with E-state index in [2.05, 4.69) is 0 Å². The van der Waals surface area contributed by atoms with Crippen LogP contribution >= 0.6 is 23.5 Å². The van der Waals surface area contributed by atoms with Crippen LogP contribution in [0.1, 0.15) is 0 Å². The van der Waals surface area contributed by atoms with Crippen molar-refractivity contribution in [2.45, 2.75) is 9.83 Å². The van der Waals surface area contributed by atoms with Gasteiger partial charge in [0, 0.05) is 5.75 Å². The summed E-state index contributed by atoms with van der Waals surface area (Å²) in [5, 5.41) is 8.05. The smallest absolute Gasteiger partial charge is 0.317 e. The first-order valence-electron chi connectivity index (χ1n) is 2.90. The summed E-state index contributed by atoms with van der Waals surface area (Å²) in [4.78, 5) is 20.9. The lowest BCUT2D eigenvalue weighted by Gasteiger charge is -2.01. The van der Waals surface area contributed by atoms with Crippen LogP contribution in [0.15, 0.2) is 0 Å². The number of hydrogen-bond acceptors (Lipinski definition) is 4. The number of nitrogens with two attached hydrogens (primary N) is 1. The Morgan fingerprint density at radius 2 is 2.18 bits per heavy atom. The minimum absolute atomic E-state index is 0.379. The van der Waals surface area contributed by atoms with Crippen LogP contribution in [0, 0.1) is 0 Å². The Balaban J connectivity index is 2.47. The number of carbonyl (C=O) groups excluding carboxylic acids is 1. The Hall–Kier alpha value is -0.360. The van der Waals surface area contributed by atoms with Crippen LogP contribution in [0.4, 0.5) is 0 Å². The van der Waals surface area contributed by atoms with Gasteiger partial charge in [-0.25, -0.2) is 0 Å². The third-order valence-electron chi connectivity index (χ3n) is 1.19. The van der Waals surface area contributed by atoms with Crippen molar-refractivity contribution in [2.24, 2.45) is 5.73 Å². The predicted octanol–water partition coefficient (Wildman–Crippen LogP) is -0.269. The lowest BCUT2D eigenvalue weighted by Crippen LogP contribution is -2.22. The van der Waals surface area contributed by atoms with E-state index >= 15 is 0 Å². The van der Waals surface area contributed by atoms with Gasteiger partial charge in [-0.3, -0.25) is 9.59 Å². The number of hydrogen-bond donors (Lipinski definition) is 2. The van der Waals surface area contributed by atoms with Crippen molar-refractivity contribution in [1.82, 2.24) is 0 Å². The van der Waals surface area contributed by atoms with E-state index in [4.69, 9.17) is 10.8 Å². The van der Waals surface area contributed by atoms with Gasteiger partial charge in [0.05, 0.1) is 0 Å². The molecule has 0 radical (unpaired) electrons. The van der Waals surface area contributed by atoms with Gasteiger partial charge in [0.2, 0.25) is 5.91 Å². The SMILES string of the molecule is NC(=O)C1SCC(C(=O)O)S1. The maximum Gasteiger partial charge on any atom is 0.317 e. The lowest BCUT2D eigenvalue weighted by molar-refractivity contribution is -0.135. The zero-order valence-corrected chi connectivity index (χ0v) is 7.15. The van der Waals surface area contributed by atoms with Crippen molar-refractivity contribution in [3.8, 4) is 0 Å². The fourth-order valence-electron chi connectivity index (χ4n) is 0.681. The minimum Gasteiger partial charge on any atom is -0.480 e. The molecule has 62 valence electrons. The molecule has 1 aliphatic heterocycles. The van der Waals surface area contributed by atoms with Crippen LogP contribution in [0.5, 0.6) is 0 Å². The number of carbonyl (C=O) groups is 2. The van der Waals surface area contributed by atoms with Crippen LogP contribution in [0.25, 0.3) is 0 Å². The van der Waals surface area contributed by atoms with E-state index in [1.807, 2.05) is 0 Å². The van der Waals surface area contributed by atoms with Gasteiger partial charge in [0.25, 0.3) is 0 Å². The molecule has 2 unspecified atom stereocenters. The lowest BCUT2D eigenvalue weighted by atomic mass is 10.5. The van der Waals surface area contributed by atoms with Gasteiger partial charge in [-0.15, -0.1) is 23.5 Å².